The van der Waals surface area contributed by atoms with Crippen LogP contribution in [0.4, 0.5) is 0 Å². The molecule has 0 heterocycles. The zero-order chi connectivity index (χ0) is 14.2. The molecule has 19 heavy (non-hydrogen) atoms. The fourth-order valence-corrected chi connectivity index (χ4v) is 2.21. The summed E-state index contributed by atoms with van der Waals surface area (Å²) in [6, 6.07) is 3.71. The fourth-order valence-electron chi connectivity index (χ4n) is 1.91. The maximum atomic E-state index is 12.4. The van der Waals surface area contributed by atoms with Crippen LogP contribution in [0.2, 0.25) is 10.0 Å². The van der Waals surface area contributed by atoms with Crippen LogP contribution in [0.25, 0.3) is 0 Å². The highest BCUT2D eigenvalue weighted by molar-refractivity contribution is 6.42. The Kier molecular flexibility index (Phi) is 4.02. The number of carbonyl (C=O) groups excluding carboxylic acids is 1. The first-order chi connectivity index (χ1) is 8.91. The van der Waals surface area contributed by atoms with Gasteiger partial charge in [0.05, 0.1) is 10.0 Å². The molecule has 6 heteroatoms. The maximum absolute atomic E-state index is 12.4. The smallest absolute Gasteiger partial charge is 0.326 e. The first kappa shape index (κ1) is 14.2. The van der Waals surface area contributed by atoms with Crippen molar-refractivity contribution in [2.75, 3.05) is 0 Å². The van der Waals surface area contributed by atoms with E-state index in [1.807, 2.05) is 0 Å². The number of aliphatic carboxylic acids is 1. The predicted octanol–water partition coefficient (Wildman–Crippen LogP) is 3.07. The Bertz CT molecular complexity index is 529. The summed E-state index contributed by atoms with van der Waals surface area (Å²) in [6.45, 7) is 1.51. The molecule has 1 amide bonds. The van der Waals surface area contributed by atoms with Crippen LogP contribution in [0.3, 0.4) is 0 Å². The fraction of sp³-hybridized carbons (Fsp3) is 0.385. The maximum Gasteiger partial charge on any atom is 0.326 e. The molecule has 102 valence electrons. The molecule has 1 unspecified atom stereocenters. The van der Waals surface area contributed by atoms with Crippen molar-refractivity contribution in [2.45, 2.75) is 31.8 Å². The van der Waals surface area contributed by atoms with E-state index in [0.29, 0.717) is 10.6 Å². The molecular weight excluding hydrogens is 289 g/mol. The molecule has 0 aromatic heterocycles. The van der Waals surface area contributed by atoms with Crippen LogP contribution in [0.5, 0.6) is 0 Å². The number of hydrogen-bond donors (Lipinski definition) is 1. The van der Waals surface area contributed by atoms with Crippen molar-refractivity contribution in [3.63, 3.8) is 0 Å². The van der Waals surface area contributed by atoms with Crippen molar-refractivity contribution in [3.05, 3.63) is 33.8 Å². The molecule has 0 spiro atoms. The van der Waals surface area contributed by atoms with E-state index in [1.165, 1.54) is 24.0 Å². The number of halogens is 2. The van der Waals surface area contributed by atoms with E-state index in [4.69, 9.17) is 28.3 Å². The summed E-state index contributed by atoms with van der Waals surface area (Å²) in [7, 11) is 0. The van der Waals surface area contributed by atoms with Crippen LogP contribution in [-0.2, 0) is 4.79 Å². The van der Waals surface area contributed by atoms with E-state index in [0.717, 1.165) is 12.8 Å². The summed E-state index contributed by atoms with van der Waals surface area (Å²) in [5.74, 6) is -1.34. The highest BCUT2D eigenvalue weighted by atomic mass is 35.5. The lowest BCUT2D eigenvalue weighted by molar-refractivity contribution is -0.141. The SMILES string of the molecule is CC(C(=O)O)N(C(=O)c1ccc(Cl)c(Cl)c1)C1CC1. The number of hydrogen-bond acceptors (Lipinski definition) is 2. The second kappa shape index (κ2) is 5.39. The summed E-state index contributed by atoms with van der Waals surface area (Å²) in [5, 5.41) is 9.73. The average Bonchev–Trinajstić information content (AvgIpc) is 3.17. The molecule has 1 aliphatic rings. The van der Waals surface area contributed by atoms with Gasteiger partial charge in [-0.15, -0.1) is 0 Å². The van der Waals surface area contributed by atoms with Crippen molar-refractivity contribution in [3.8, 4) is 0 Å². The lowest BCUT2D eigenvalue weighted by Gasteiger charge is -2.26. The third-order valence-electron chi connectivity index (χ3n) is 3.12. The Morgan fingerprint density at radius 3 is 2.42 bits per heavy atom. The van der Waals surface area contributed by atoms with Gasteiger partial charge in [0.1, 0.15) is 6.04 Å². The molecule has 0 radical (unpaired) electrons. The molecule has 4 nitrogen and oxygen atoms in total. The van der Waals surface area contributed by atoms with Gasteiger partial charge < -0.3 is 10.0 Å². The van der Waals surface area contributed by atoms with Crippen molar-refractivity contribution in [1.29, 1.82) is 0 Å². The molecule has 1 aromatic rings. The van der Waals surface area contributed by atoms with Gasteiger partial charge in [-0.2, -0.15) is 0 Å². The predicted molar refractivity (Wildman–Crippen MR) is 72.8 cm³/mol. The molecule has 0 aliphatic heterocycles. The minimum Gasteiger partial charge on any atom is -0.480 e. The van der Waals surface area contributed by atoms with Crippen LogP contribution in [0, 0.1) is 0 Å². The molecule has 0 saturated heterocycles. The molecule has 2 rings (SSSR count). The zero-order valence-corrected chi connectivity index (χ0v) is 11.8. The van der Waals surface area contributed by atoms with E-state index in [9.17, 15) is 9.59 Å². The summed E-state index contributed by atoms with van der Waals surface area (Å²) in [5.41, 5.74) is 0.356. The number of carboxylic acid groups (broad SMARTS) is 1. The van der Waals surface area contributed by atoms with Gasteiger partial charge in [0.25, 0.3) is 5.91 Å². The molecule has 1 aromatic carbocycles. The summed E-state index contributed by atoms with van der Waals surface area (Å²) >= 11 is 11.7. The minimum atomic E-state index is -1.01. The number of benzene rings is 1. The van der Waals surface area contributed by atoms with E-state index in [-0.39, 0.29) is 17.0 Å². The Hall–Kier alpha value is -1.26. The van der Waals surface area contributed by atoms with Gasteiger partial charge in [-0.25, -0.2) is 4.79 Å². The van der Waals surface area contributed by atoms with Crippen molar-refractivity contribution in [2.24, 2.45) is 0 Å². The van der Waals surface area contributed by atoms with Crippen LogP contribution in [0.1, 0.15) is 30.1 Å². The third-order valence-corrected chi connectivity index (χ3v) is 3.86. The quantitative estimate of drug-likeness (QED) is 0.930. The number of carboxylic acids is 1. The summed E-state index contributed by atoms with van der Waals surface area (Å²) in [4.78, 5) is 24.9. The second-order valence-electron chi connectivity index (χ2n) is 4.59. The summed E-state index contributed by atoms with van der Waals surface area (Å²) in [6.07, 6.45) is 1.68. The first-order valence-corrected chi connectivity index (χ1v) is 6.68. The molecule has 1 saturated carbocycles. The Balaban J connectivity index is 2.28. The lowest BCUT2D eigenvalue weighted by Crippen LogP contribution is -2.44. The van der Waals surface area contributed by atoms with Crippen molar-refractivity contribution >= 4 is 35.1 Å². The van der Waals surface area contributed by atoms with E-state index >= 15 is 0 Å². The molecule has 1 atom stereocenters. The molecule has 1 fully saturated rings. The number of rotatable bonds is 4. The molecule has 1 N–H and O–H groups in total. The van der Waals surface area contributed by atoms with Gasteiger partial charge in [-0.1, -0.05) is 23.2 Å². The van der Waals surface area contributed by atoms with Crippen LogP contribution >= 0.6 is 23.2 Å². The van der Waals surface area contributed by atoms with Crippen molar-refractivity contribution < 1.29 is 14.7 Å². The molecule has 1 aliphatic carbocycles. The number of amides is 1. The van der Waals surface area contributed by atoms with E-state index < -0.39 is 12.0 Å². The largest absolute Gasteiger partial charge is 0.480 e. The molecule has 0 bridgehead atoms. The summed E-state index contributed by atoms with van der Waals surface area (Å²) < 4.78 is 0. The van der Waals surface area contributed by atoms with Gasteiger partial charge in [0.15, 0.2) is 0 Å². The zero-order valence-electron chi connectivity index (χ0n) is 10.3. The lowest BCUT2D eigenvalue weighted by atomic mass is 10.1. The van der Waals surface area contributed by atoms with Gasteiger partial charge in [0, 0.05) is 11.6 Å². The van der Waals surface area contributed by atoms with Crippen LogP contribution in [-0.4, -0.2) is 34.0 Å². The highest BCUT2D eigenvalue weighted by Gasteiger charge is 2.38. The topological polar surface area (TPSA) is 57.6 Å². The van der Waals surface area contributed by atoms with E-state index in [2.05, 4.69) is 0 Å². The van der Waals surface area contributed by atoms with Gasteiger partial charge in [-0.05, 0) is 38.0 Å². The van der Waals surface area contributed by atoms with Crippen molar-refractivity contribution in [1.82, 2.24) is 4.90 Å². The molecular formula is C13H13Cl2NO3. The Labute approximate surface area is 120 Å². The Morgan fingerprint density at radius 1 is 1.32 bits per heavy atom. The minimum absolute atomic E-state index is 0.00746. The standard InChI is InChI=1S/C13H13Cl2NO3/c1-7(13(18)19)16(9-3-4-9)12(17)8-2-5-10(14)11(15)6-8/h2,5-7,9H,3-4H2,1H3,(H,18,19). The number of nitrogens with zero attached hydrogens (tertiary/aromatic N) is 1. The van der Waals surface area contributed by atoms with Gasteiger partial charge >= 0.3 is 5.97 Å². The number of carbonyl (C=O) groups is 2. The average molecular weight is 302 g/mol. The normalized spacial score (nSPS) is 15.9. The highest BCUT2D eigenvalue weighted by Crippen LogP contribution is 2.31. The van der Waals surface area contributed by atoms with Crippen LogP contribution in [0.15, 0.2) is 18.2 Å². The van der Waals surface area contributed by atoms with Crippen LogP contribution < -0.4 is 0 Å². The van der Waals surface area contributed by atoms with Gasteiger partial charge in [-0.3, -0.25) is 4.79 Å². The Morgan fingerprint density at radius 2 is 1.95 bits per heavy atom. The monoisotopic (exact) mass is 301 g/mol. The third kappa shape index (κ3) is 3.01. The van der Waals surface area contributed by atoms with E-state index in [1.54, 1.807) is 6.07 Å². The second-order valence-corrected chi connectivity index (χ2v) is 5.40. The van der Waals surface area contributed by atoms with Gasteiger partial charge in [0.2, 0.25) is 0 Å². The first-order valence-electron chi connectivity index (χ1n) is 5.92.